The summed E-state index contributed by atoms with van der Waals surface area (Å²) in [5.74, 6) is -1.33. The van der Waals surface area contributed by atoms with Crippen LogP contribution in [0.2, 0.25) is 0 Å². The quantitative estimate of drug-likeness (QED) is 0.468. The highest BCUT2D eigenvalue weighted by Gasteiger charge is 2.25. The standard InChI is InChI=1S/C15H27N3O3/c1-11(2)18(3)9-5-4-8-16-15(21)17-13-7-6-12(10-13)14(19)20/h6-7,11-13H,4-5,8-10H2,1-3H3,(H,19,20)(H2,16,17,21). The Bertz CT molecular complexity index is 382. The van der Waals surface area contributed by atoms with E-state index in [0.717, 1.165) is 19.4 Å². The lowest BCUT2D eigenvalue weighted by Crippen LogP contribution is -2.41. The summed E-state index contributed by atoms with van der Waals surface area (Å²) in [4.78, 5) is 24.7. The number of nitrogens with zero attached hydrogens (tertiary/aromatic N) is 1. The fraction of sp³-hybridized carbons (Fsp3) is 0.733. The average Bonchev–Trinajstić information content (AvgIpc) is 2.86. The van der Waals surface area contributed by atoms with Crippen LogP contribution in [0, 0.1) is 5.92 Å². The van der Waals surface area contributed by atoms with E-state index >= 15 is 0 Å². The number of carbonyl (C=O) groups is 2. The molecule has 0 aliphatic heterocycles. The molecular formula is C15H27N3O3. The summed E-state index contributed by atoms with van der Waals surface area (Å²) in [5.41, 5.74) is 0. The van der Waals surface area contributed by atoms with E-state index < -0.39 is 11.9 Å². The van der Waals surface area contributed by atoms with Gasteiger partial charge >= 0.3 is 12.0 Å². The van der Waals surface area contributed by atoms with E-state index in [0.29, 0.717) is 19.0 Å². The minimum absolute atomic E-state index is 0.182. The smallest absolute Gasteiger partial charge is 0.315 e. The topological polar surface area (TPSA) is 81.7 Å². The normalized spacial score (nSPS) is 21.0. The van der Waals surface area contributed by atoms with Crippen LogP contribution in [0.5, 0.6) is 0 Å². The maximum Gasteiger partial charge on any atom is 0.315 e. The molecule has 1 rings (SSSR count). The van der Waals surface area contributed by atoms with Crippen LogP contribution in [0.3, 0.4) is 0 Å². The van der Waals surface area contributed by atoms with Gasteiger partial charge in [-0.05, 0) is 46.7 Å². The number of carbonyl (C=O) groups excluding carboxylic acids is 1. The van der Waals surface area contributed by atoms with Crippen LogP contribution in [0.1, 0.15) is 33.1 Å². The molecule has 21 heavy (non-hydrogen) atoms. The van der Waals surface area contributed by atoms with Gasteiger partial charge in [0.2, 0.25) is 0 Å². The molecule has 2 atom stereocenters. The summed E-state index contributed by atoms with van der Waals surface area (Å²) in [6, 6.07) is 0.128. The number of amides is 2. The largest absolute Gasteiger partial charge is 0.481 e. The fourth-order valence-corrected chi connectivity index (χ4v) is 2.15. The fourth-order valence-electron chi connectivity index (χ4n) is 2.15. The van der Waals surface area contributed by atoms with Crippen LogP contribution in [-0.4, -0.2) is 54.2 Å². The van der Waals surface area contributed by atoms with Gasteiger partial charge in [-0.2, -0.15) is 0 Å². The molecule has 6 nitrogen and oxygen atoms in total. The van der Waals surface area contributed by atoms with Gasteiger partial charge in [0.05, 0.1) is 12.0 Å². The van der Waals surface area contributed by atoms with Gasteiger partial charge in [-0.3, -0.25) is 4.79 Å². The first-order valence-corrected chi connectivity index (χ1v) is 7.56. The molecule has 6 heteroatoms. The molecule has 1 aliphatic carbocycles. The van der Waals surface area contributed by atoms with Crippen molar-refractivity contribution in [3.8, 4) is 0 Å². The van der Waals surface area contributed by atoms with E-state index in [9.17, 15) is 9.59 Å². The minimum Gasteiger partial charge on any atom is -0.481 e. The zero-order chi connectivity index (χ0) is 15.8. The first-order valence-electron chi connectivity index (χ1n) is 7.56. The van der Waals surface area contributed by atoms with Crippen molar-refractivity contribution >= 4 is 12.0 Å². The molecule has 0 aromatic heterocycles. The van der Waals surface area contributed by atoms with Gasteiger partial charge in [-0.1, -0.05) is 12.2 Å². The van der Waals surface area contributed by atoms with Crippen molar-refractivity contribution < 1.29 is 14.7 Å². The lowest BCUT2D eigenvalue weighted by molar-refractivity contribution is -0.140. The molecule has 2 amide bonds. The third kappa shape index (κ3) is 6.62. The maximum absolute atomic E-state index is 11.7. The lowest BCUT2D eigenvalue weighted by atomic mass is 10.1. The highest BCUT2D eigenvalue weighted by molar-refractivity contribution is 5.76. The van der Waals surface area contributed by atoms with Crippen LogP contribution >= 0.6 is 0 Å². The highest BCUT2D eigenvalue weighted by Crippen LogP contribution is 2.17. The second kappa shape index (κ2) is 8.67. The Kier molecular flexibility index (Phi) is 7.22. The van der Waals surface area contributed by atoms with E-state index in [-0.39, 0.29) is 12.1 Å². The molecule has 0 radical (unpaired) electrons. The van der Waals surface area contributed by atoms with Crippen molar-refractivity contribution in [1.82, 2.24) is 15.5 Å². The summed E-state index contributed by atoms with van der Waals surface area (Å²) < 4.78 is 0. The second-order valence-electron chi connectivity index (χ2n) is 5.85. The van der Waals surface area contributed by atoms with Crippen LogP contribution < -0.4 is 10.6 Å². The molecule has 3 N–H and O–H groups in total. The molecule has 1 aliphatic rings. The first-order chi connectivity index (χ1) is 9.90. The summed E-state index contributed by atoms with van der Waals surface area (Å²) in [6.45, 7) is 5.97. The number of urea groups is 1. The molecule has 0 aromatic rings. The Morgan fingerprint density at radius 3 is 2.62 bits per heavy atom. The van der Waals surface area contributed by atoms with Crippen molar-refractivity contribution in [1.29, 1.82) is 0 Å². The van der Waals surface area contributed by atoms with Crippen molar-refractivity contribution in [3.63, 3.8) is 0 Å². The SMILES string of the molecule is CC(C)N(C)CCCCNC(=O)NC1C=CC(C(=O)O)C1. The van der Waals surface area contributed by atoms with Gasteiger partial charge in [0.15, 0.2) is 0 Å². The van der Waals surface area contributed by atoms with Gasteiger partial charge < -0.3 is 20.6 Å². The van der Waals surface area contributed by atoms with Gasteiger partial charge in [0.25, 0.3) is 0 Å². The summed E-state index contributed by atoms with van der Waals surface area (Å²) in [7, 11) is 2.09. The molecule has 0 bridgehead atoms. The van der Waals surface area contributed by atoms with Gasteiger partial charge in [0, 0.05) is 12.6 Å². The maximum atomic E-state index is 11.7. The van der Waals surface area contributed by atoms with Crippen molar-refractivity contribution in [2.75, 3.05) is 20.1 Å². The van der Waals surface area contributed by atoms with Crippen LogP contribution in [-0.2, 0) is 4.79 Å². The Hall–Kier alpha value is -1.56. The Labute approximate surface area is 126 Å². The third-order valence-electron chi connectivity index (χ3n) is 3.82. The molecule has 0 saturated carbocycles. The number of rotatable bonds is 8. The Morgan fingerprint density at radius 2 is 2.05 bits per heavy atom. The first kappa shape index (κ1) is 17.5. The molecule has 0 spiro atoms. The molecular weight excluding hydrogens is 270 g/mol. The predicted octanol–water partition coefficient (Wildman–Crippen LogP) is 1.44. The Balaban J connectivity index is 2.07. The van der Waals surface area contributed by atoms with E-state index in [4.69, 9.17) is 5.11 Å². The summed E-state index contributed by atoms with van der Waals surface area (Å²) in [5, 5.41) is 14.4. The van der Waals surface area contributed by atoms with E-state index in [1.807, 2.05) is 0 Å². The summed E-state index contributed by atoms with van der Waals surface area (Å²) in [6.07, 6.45) is 5.79. The predicted molar refractivity (Wildman–Crippen MR) is 82.2 cm³/mol. The number of unbranched alkanes of at least 4 members (excludes halogenated alkanes) is 1. The Morgan fingerprint density at radius 1 is 1.33 bits per heavy atom. The monoisotopic (exact) mass is 297 g/mol. The zero-order valence-corrected chi connectivity index (χ0v) is 13.1. The third-order valence-corrected chi connectivity index (χ3v) is 3.82. The van der Waals surface area contributed by atoms with Crippen molar-refractivity contribution in [2.24, 2.45) is 5.92 Å². The average molecular weight is 297 g/mol. The molecule has 0 fully saturated rings. The number of aliphatic carboxylic acids is 1. The highest BCUT2D eigenvalue weighted by atomic mass is 16.4. The number of hydrogen-bond acceptors (Lipinski definition) is 3. The number of hydrogen-bond donors (Lipinski definition) is 3. The number of carboxylic acids is 1. The van der Waals surface area contributed by atoms with Crippen LogP contribution in [0.15, 0.2) is 12.2 Å². The molecule has 2 unspecified atom stereocenters. The lowest BCUT2D eigenvalue weighted by Gasteiger charge is -2.20. The van der Waals surface area contributed by atoms with Gasteiger partial charge in [-0.15, -0.1) is 0 Å². The van der Waals surface area contributed by atoms with Crippen molar-refractivity contribution in [2.45, 2.75) is 45.2 Å². The number of nitrogens with one attached hydrogen (secondary N) is 2. The minimum atomic E-state index is -0.842. The molecule has 0 heterocycles. The molecule has 0 saturated heterocycles. The van der Waals surface area contributed by atoms with E-state index in [2.05, 4.69) is 36.4 Å². The van der Waals surface area contributed by atoms with Crippen LogP contribution in [0.25, 0.3) is 0 Å². The van der Waals surface area contributed by atoms with E-state index in [1.165, 1.54) is 0 Å². The molecule has 120 valence electrons. The second-order valence-corrected chi connectivity index (χ2v) is 5.85. The summed E-state index contributed by atoms with van der Waals surface area (Å²) >= 11 is 0. The van der Waals surface area contributed by atoms with Gasteiger partial charge in [0.1, 0.15) is 0 Å². The zero-order valence-electron chi connectivity index (χ0n) is 13.1. The number of carboxylic acid groups (broad SMARTS) is 1. The van der Waals surface area contributed by atoms with E-state index in [1.54, 1.807) is 12.2 Å². The molecule has 0 aromatic carbocycles. The van der Waals surface area contributed by atoms with Gasteiger partial charge in [-0.25, -0.2) is 4.79 Å². The van der Waals surface area contributed by atoms with Crippen molar-refractivity contribution in [3.05, 3.63) is 12.2 Å². The van der Waals surface area contributed by atoms with Crippen LogP contribution in [0.4, 0.5) is 4.79 Å².